The van der Waals surface area contributed by atoms with Crippen LogP contribution in [0.15, 0.2) is 72.0 Å². The minimum Gasteiger partial charge on any atom is -0.273 e. The molecule has 1 N–H and O–H groups in total. The van der Waals surface area contributed by atoms with Crippen LogP contribution in [0.25, 0.3) is 6.08 Å². The Morgan fingerprint density at radius 2 is 1.89 bits per heavy atom. The first-order valence-electron chi connectivity index (χ1n) is 8.36. The highest BCUT2D eigenvalue weighted by Gasteiger charge is 2.02. The van der Waals surface area contributed by atoms with Crippen LogP contribution >= 0.6 is 0 Å². The number of aromatic nitrogens is 3. The zero-order valence-corrected chi connectivity index (χ0v) is 14.5. The lowest BCUT2D eigenvalue weighted by Gasteiger charge is -1.99. The number of halogens is 1. The number of amides is 1. The summed E-state index contributed by atoms with van der Waals surface area (Å²) in [6.07, 6.45) is 6.82. The summed E-state index contributed by atoms with van der Waals surface area (Å²) in [5, 5.41) is 12.0. The molecule has 1 aromatic heterocycles. The smallest absolute Gasteiger partial charge is 0.244 e. The van der Waals surface area contributed by atoms with Gasteiger partial charge < -0.3 is 0 Å². The quantitative estimate of drug-likeness (QED) is 0.518. The zero-order valence-electron chi connectivity index (χ0n) is 14.5. The maximum Gasteiger partial charge on any atom is 0.244 e. The Bertz CT molecular complexity index is 933. The number of carbonyl (C=O) groups is 1. The molecule has 136 valence electrons. The monoisotopic (exact) mass is 363 g/mol. The van der Waals surface area contributed by atoms with Crippen LogP contribution in [0.3, 0.4) is 0 Å². The molecular formula is C20H18FN5O. The molecule has 3 aromatic rings. The molecule has 0 aliphatic heterocycles. The molecule has 0 saturated carbocycles. The third-order valence-corrected chi connectivity index (χ3v) is 3.64. The summed E-state index contributed by atoms with van der Waals surface area (Å²) in [4.78, 5) is 11.7. The van der Waals surface area contributed by atoms with Gasteiger partial charge in [-0.2, -0.15) is 5.10 Å². The van der Waals surface area contributed by atoms with Gasteiger partial charge >= 0.3 is 0 Å². The van der Waals surface area contributed by atoms with Gasteiger partial charge in [-0.15, -0.1) is 5.10 Å². The second-order valence-electron chi connectivity index (χ2n) is 5.80. The van der Waals surface area contributed by atoms with Gasteiger partial charge in [-0.3, -0.25) is 4.79 Å². The fraction of sp³-hybridized carbons (Fsp3) is 0.100. The lowest BCUT2D eigenvalue weighted by Crippen LogP contribution is -2.19. The number of hydrazone groups is 1. The molecule has 0 radical (unpaired) electrons. The van der Waals surface area contributed by atoms with Crippen LogP contribution in [0, 0.1) is 5.82 Å². The van der Waals surface area contributed by atoms with E-state index in [0.717, 1.165) is 11.1 Å². The van der Waals surface area contributed by atoms with Crippen LogP contribution in [0.5, 0.6) is 0 Å². The Labute approximate surface area is 156 Å². The average molecular weight is 363 g/mol. The van der Waals surface area contributed by atoms with Gasteiger partial charge in [-0.05, 0) is 35.4 Å². The van der Waals surface area contributed by atoms with Gasteiger partial charge in [-0.25, -0.2) is 14.5 Å². The van der Waals surface area contributed by atoms with Crippen LogP contribution in [-0.2, 0) is 17.8 Å². The number of allylic oxidation sites excluding steroid dienone is 1. The summed E-state index contributed by atoms with van der Waals surface area (Å²) in [7, 11) is 0. The summed E-state index contributed by atoms with van der Waals surface area (Å²) in [5.41, 5.74) is 4.96. The molecule has 27 heavy (non-hydrogen) atoms. The highest BCUT2D eigenvalue weighted by molar-refractivity contribution is 5.82. The second-order valence-corrected chi connectivity index (χ2v) is 5.80. The van der Waals surface area contributed by atoms with Crippen molar-refractivity contribution in [1.82, 2.24) is 20.4 Å². The van der Waals surface area contributed by atoms with E-state index in [1.807, 2.05) is 36.5 Å². The second kappa shape index (κ2) is 9.19. The summed E-state index contributed by atoms with van der Waals surface area (Å²) in [5.74, 6) is -0.608. The largest absolute Gasteiger partial charge is 0.273 e. The van der Waals surface area contributed by atoms with Gasteiger partial charge in [-0.1, -0.05) is 47.7 Å². The number of carbonyl (C=O) groups excluding carboxylic acids is 1. The summed E-state index contributed by atoms with van der Waals surface area (Å²) in [6, 6.07) is 15.8. The van der Waals surface area contributed by atoms with Gasteiger partial charge in [0.25, 0.3) is 0 Å². The molecule has 0 aliphatic rings. The van der Waals surface area contributed by atoms with E-state index in [1.165, 1.54) is 18.3 Å². The molecule has 0 unspecified atom stereocenters. The average Bonchev–Trinajstić information content (AvgIpc) is 3.11. The number of rotatable bonds is 7. The van der Waals surface area contributed by atoms with Crippen LogP contribution in [-0.4, -0.2) is 27.1 Å². The number of nitrogens with one attached hydrogen (secondary N) is 1. The number of hydrogen-bond acceptors (Lipinski definition) is 4. The van der Waals surface area contributed by atoms with Crippen molar-refractivity contribution in [2.45, 2.75) is 13.0 Å². The van der Waals surface area contributed by atoms with Crippen molar-refractivity contribution in [3.63, 3.8) is 0 Å². The van der Waals surface area contributed by atoms with E-state index in [2.05, 4.69) is 20.8 Å². The molecule has 1 heterocycles. The van der Waals surface area contributed by atoms with Crippen molar-refractivity contribution in [1.29, 1.82) is 0 Å². The first-order chi connectivity index (χ1) is 13.2. The lowest BCUT2D eigenvalue weighted by molar-refractivity contribution is -0.120. The molecule has 6 nitrogen and oxygen atoms in total. The lowest BCUT2D eigenvalue weighted by atomic mass is 10.1. The molecule has 0 atom stereocenters. The van der Waals surface area contributed by atoms with Crippen LogP contribution in [0.1, 0.15) is 16.8 Å². The van der Waals surface area contributed by atoms with E-state index in [9.17, 15) is 9.18 Å². The van der Waals surface area contributed by atoms with Gasteiger partial charge in [0.05, 0.1) is 19.2 Å². The maximum atomic E-state index is 12.8. The van der Waals surface area contributed by atoms with Crippen molar-refractivity contribution in [3.8, 4) is 0 Å². The molecule has 0 spiro atoms. The van der Waals surface area contributed by atoms with Crippen LogP contribution in [0.4, 0.5) is 4.39 Å². The molecule has 3 rings (SSSR count). The molecule has 7 heteroatoms. The van der Waals surface area contributed by atoms with Gasteiger partial charge in [0.1, 0.15) is 11.5 Å². The topological polar surface area (TPSA) is 72.2 Å². The van der Waals surface area contributed by atoms with E-state index >= 15 is 0 Å². The Morgan fingerprint density at radius 3 is 2.67 bits per heavy atom. The standard InChI is InChI=1S/C20H18FN5O/c21-18-10-8-16(9-11-18)13-20(27)24-22-12-4-7-19-15-26(25-23-19)14-17-5-2-1-3-6-17/h1-12,15H,13-14H2,(H,24,27)/b7-4+,22-12-. The van der Waals surface area contributed by atoms with Crippen molar-refractivity contribution >= 4 is 18.2 Å². The fourth-order valence-electron chi connectivity index (χ4n) is 2.36. The summed E-state index contributed by atoms with van der Waals surface area (Å²) in [6.45, 7) is 0.648. The summed E-state index contributed by atoms with van der Waals surface area (Å²) >= 11 is 0. The molecule has 1 amide bonds. The zero-order chi connectivity index (χ0) is 18.9. The van der Waals surface area contributed by atoms with Crippen molar-refractivity contribution in [2.75, 3.05) is 0 Å². The van der Waals surface area contributed by atoms with E-state index in [1.54, 1.807) is 29.0 Å². The first kappa shape index (κ1) is 18.2. The number of hydrogen-bond donors (Lipinski definition) is 1. The molecule has 0 fully saturated rings. The third kappa shape index (κ3) is 6.00. The highest BCUT2D eigenvalue weighted by Crippen LogP contribution is 2.04. The van der Waals surface area contributed by atoms with E-state index < -0.39 is 0 Å². The van der Waals surface area contributed by atoms with E-state index in [4.69, 9.17) is 0 Å². The maximum absolute atomic E-state index is 12.8. The van der Waals surface area contributed by atoms with E-state index in [0.29, 0.717) is 12.2 Å². The number of nitrogens with zero attached hydrogens (tertiary/aromatic N) is 4. The molecule has 2 aromatic carbocycles. The predicted octanol–water partition coefficient (Wildman–Crippen LogP) is 2.82. The molecular weight excluding hydrogens is 345 g/mol. The van der Waals surface area contributed by atoms with Gasteiger partial charge in [0.15, 0.2) is 0 Å². The summed E-state index contributed by atoms with van der Waals surface area (Å²) < 4.78 is 14.6. The minimum absolute atomic E-state index is 0.134. The first-order valence-corrected chi connectivity index (χ1v) is 8.36. The molecule has 0 aliphatic carbocycles. The van der Waals surface area contributed by atoms with E-state index in [-0.39, 0.29) is 18.1 Å². The Hall–Kier alpha value is -3.61. The fourth-order valence-corrected chi connectivity index (χ4v) is 2.36. The minimum atomic E-state index is -0.331. The van der Waals surface area contributed by atoms with Crippen molar-refractivity contribution < 1.29 is 9.18 Å². The SMILES string of the molecule is O=C(Cc1ccc(F)cc1)N/N=C\C=C\c1cn(Cc2ccccc2)nn1. The Kier molecular flexibility index (Phi) is 6.19. The Morgan fingerprint density at radius 1 is 1.11 bits per heavy atom. The predicted molar refractivity (Wildman–Crippen MR) is 101 cm³/mol. The van der Waals surface area contributed by atoms with Crippen LogP contribution in [0.2, 0.25) is 0 Å². The van der Waals surface area contributed by atoms with Crippen LogP contribution < -0.4 is 5.43 Å². The Balaban J connectivity index is 1.44. The van der Waals surface area contributed by atoms with Gasteiger partial charge in [0, 0.05) is 6.21 Å². The molecule has 0 bridgehead atoms. The van der Waals surface area contributed by atoms with Crippen molar-refractivity contribution in [2.24, 2.45) is 5.10 Å². The normalized spacial score (nSPS) is 11.3. The third-order valence-electron chi connectivity index (χ3n) is 3.64. The van der Waals surface area contributed by atoms with Gasteiger partial charge in [0.2, 0.25) is 5.91 Å². The number of benzene rings is 2. The molecule has 0 saturated heterocycles. The van der Waals surface area contributed by atoms with Crippen molar-refractivity contribution in [3.05, 3.63) is 89.5 Å². The highest BCUT2D eigenvalue weighted by atomic mass is 19.1.